The molecule has 1 heterocycles. The van der Waals surface area contributed by atoms with Crippen LogP contribution in [0, 0.1) is 6.92 Å². The number of hydrogen-bond donors (Lipinski definition) is 1. The number of rotatable bonds is 5. The molecule has 1 aromatic carbocycles. The van der Waals surface area contributed by atoms with E-state index in [1.54, 1.807) is 19.1 Å². The molecule has 5 heteroatoms. The van der Waals surface area contributed by atoms with Gasteiger partial charge in [-0.1, -0.05) is 12.1 Å². The molecule has 0 fully saturated rings. The van der Waals surface area contributed by atoms with Crippen molar-refractivity contribution in [3.8, 4) is 0 Å². The SMILES string of the molecule is COC(=O)c1ccc(NCc2ccc(N(C)C)cc2)nc1C. The molecular weight excluding hydrogens is 278 g/mol. The van der Waals surface area contributed by atoms with Crippen molar-refractivity contribution in [2.24, 2.45) is 0 Å². The van der Waals surface area contributed by atoms with E-state index in [1.807, 2.05) is 14.1 Å². The Balaban J connectivity index is 2.02. The van der Waals surface area contributed by atoms with Crippen LogP contribution in [0.15, 0.2) is 36.4 Å². The summed E-state index contributed by atoms with van der Waals surface area (Å²) < 4.78 is 4.71. The molecule has 2 aromatic rings. The third kappa shape index (κ3) is 3.75. The van der Waals surface area contributed by atoms with Crippen molar-refractivity contribution in [1.29, 1.82) is 0 Å². The van der Waals surface area contributed by atoms with E-state index in [4.69, 9.17) is 4.74 Å². The van der Waals surface area contributed by atoms with E-state index in [-0.39, 0.29) is 5.97 Å². The molecular formula is C17H21N3O2. The molecule has 0 aliphatic carbocycles. The molecule has 0 aliphatic rings. The van der Waals surface area contributed by atoms with Crippen LogP contribution >= 0.6 is 0 Å². The fraction of sp³-hybridized carbons (Fsp3) is 0.294. The van der Waals surface area contributed by atoms with Crippen LogP contribution < -0.4 is 10.2 Å². The van der Waals surface area contributed by atoms with Crippen LogP contribution in [0.4, 0.5) is 11.5 Å². The predicted molar refractivity (Wildman–Crippen MR) is 88.4 cm³/mol. The maximum Gasteiger partial charge on any atom is 0.339 e. The van der Waals surface area contributed by atoms with Crippen molar-refractivity contribution in [2.45, 2.75) is 13.5 Å². The first-order valence-corrected chi connectivity index (χ1v) is 7.07. The van der Waals surface area contributed by atoms with Gasteiger partial charge in [-0.25, -0.2) is 9.78 Å². The standard InChI is InChI=1S/C17H21N3O2/c1-12-15(17(21)22-4)9-10-16(19-12)18-11-13-5-7-14(8-6-13)20(2)3/h5-10H,11H2,1-4H3,(H,18,19). The summed E-state index contributed by atoms with van der Waals surface area (Å²) in [5, 5.41) is 3.26. The molecule has 5 nitrogen and oxygen atoms in total. The highest BCUT2D eigenvalue weighted by Crippen LogP contribution is 2.15. The fourth-order valence-electron chi connectivity index (χ4n) is 2.09. The molecule has 1 N–H and O–H groups in total. The average Bonchev–Trinajstić information content (AvgIpc) is 2.52. The van der Waals surface area contributed by atoms with E-state index in [0.717, 1.165) is 5.82 Å². The van der Waals surface area contributed by atoms with Crippen molar-refractivity contribution in [2.75, 3.05) is 31.4 Å². The topological polar surface area (TPSA) is 54.5 Å². The Morgan fingerprint density at radius 2 is 1.86 bits per heavy atom. The van der Waals surface area contributed by atoms with E-state index in [9.17, 15) is 4.79 Å². The van der Waals surface area contributed by atoms with Gasteiger partial charge in [0.2, 0.25) is 0 Å². The van der Waals surface area contributed by atoms with Crippen LogP contribution in [0.5, 0.6) is 0 Å². The largest absolute Gasteiger partial charge is 0.465 e. The molecule has 22 heavy (non-hydrogen) atoms. The second kappa shape index (κ2) is 6.93. The highest BCUT2D eigenvalue weighted by Gasteiger charge is 2.10. The van der Waals surface area contributed by atoms with E-state index in [0.29, 0.717) is 17.8 Å². The highest BCUT2D eigenvalue weighted by molar-refractivity contribution is 5.90. The number of carbonyl (C=O) groups excluding carboxylic acids is 1. The molecule has 0 bridgehead atoms. The number of nitrogens with one attached hydrogen (secondary N) is 1. The average molecular weight is 299 g/mol. The van der Waals surface area contributed by atoms with Gasteiger partial charge < -0.3 is 15.0 Å². The molecule has 0 spiro atoms. The summed E-state index contributed by atoms with van der Waals surface area (Å²) in [4.78, 5) is 18.0. The van der Waals surface area contributed by atoms with Crippen molar-refractivity contribution in [3.05, 3.63) is 53.2 Å². The molecule has 116 valence electrons. The van der Waals surface area contributed by atoms with Crippen LogP contribution in [0.2, 0.25) is 0 Å². The predicted octanol–water partition coefficient (Wildman–Crippen LogP) is 2.85. The lowest BCUT2D eigenvalue weighted by Gasteiger charge is -2.13. The smallest absolute Gasteiger partial charge is 0.339 e. The first-order chi connectivity index (χ1) is 10.5. The maximum absolute atomic E-state index is 11.5. The second-order valence-electron chi connectivity index (χ2n) is 5.24. The summed E-state index contributed by atoms with van der Waals surface area (Å²) in [6, 6.07) is 11.8. The van der Waals surface area contributed by atoms with Crippen molar-refractivity contribution in [3.63, 3.8) is 0 Å². The molecule has 0 unspecified atom stereocenters. The number of esters is 1. The normalized spacial score (nSPS) is 10.2. The van der Waals surface area contributed by atoms with Crippen molar-refractivity contribution >= 4 is 17.5 Å². The maximum atomic E-state index is 11.5. The lowest BCUT2D eigenvalue weighted by atomic mass is 10.2. The van der Waals surface area contributed by atoms with Crippen molar-refractivity contribution < 1.29 is 9.53 Å². The van der Waals surface area contributed by atoms with Crippen LogP contribution in [0.3, 0.4) is 0 Å². The number of benzene rings is 1. The van der Waals surface area contributed by atoms with Gasteiger partial charge in [-0.3, -0.25) is 0 Å². The van der Waals surface area contributed by atoms with Gasteiger partial charge in [0.05, 0.1) is 18.4 Å². The minimum Gasteiger partial charge on any atom is -0.465 e. The summed E-state index contributed by atoms with van der Waals surface area (Å²) >= 11 is 0. The molecule has 0 saturated heterocycles. The third-order valence-corrected chi connectivity index (χ3v) is 3.42. The van der Waals surface area contributed by atoms with Gasteiger partial charge in [-0.15, -0.1) is 0 Å². The van der Waals surface area contributed by atoms with Crippen LogP contribution in [0.25, 0.3) is 0 Å². The Morgan fingerprint density at radius 3 is 2.41 bits per heavy atom. The lowest BCUT2D eigenvalue weighted by Crippen LogP contribution is -2.09. The van der Waals surface area contributed by atoms with Gasteiger partial charge in [0.1, 0.15) is 5.82 Å². The summed E-state index contributed by atoms with van der Waals surface area (Å²) in [7, 11) is 5.40. The molecule has 0 aliphatic heterocycles. The van der Waals surface area contributed by atoms with Crippen molar-refractivity contribution in [1.82, 2.24) is 4.98 Å². The van der Waals surface area contributed by atoms with Gasteiger partial charge in [-0.05, 0) is 36.8 Å². The number of hydrogen-bond acceptors (Lipinski definition) is 5. The van der Waals surface area contributed by atoms with Gasteiger partial charge >= 0.3 is 5.97 Å². The highest BCUT2D eigenvalue weighted by atomic mass is 16.5. The second-order valence-corrected chi connectivity index (χ2v) is 5.24. The van der Waals surface area contributed by atoms with Crippen LogP contribution in [0.1, 0.15) is 21.6 Å². The Kier molecular flexibility index (Phi) is 4.99. The van der Waals surface area contributed by atoms with E-state index >= 15 is 0 Å². The molecule has 0 saturated carbocycles. The summed E-state index contributed by atoms with van der Waals surface area (Å²) in [5.41, 5.74) is 3.48. The first-order valence-electron chi connectivity index (χ1n) is 7.07. The molecule has 1 aromatic heterocycles. The molecule has 0 radical (unpaired) electrons. The van der Waals surface area contributed by atoms with Crippen LogP contribution in [-0.2, 0) is 11.3 Å². The van der Waals surface area contributed by atoms with E-state index < -0.39 is 0 Å². The Labute approximate surface area is 130 Å². The monoisotopic (exact) mass is 299 g/mol. The van der Waals surface area contributed by atoms with E-state index in [1.165, 1.54) is 18.4 Å². The summed E-state index contributed by atoms with van der Waals surface area (Å²) in [5.74, 6) is 0.373. The zero-order chi connectivity index (χ0) is 16.1. The van der Waals surface area contributed by atoms with E-state index in [2.05, 4.69) is 39.5 Å². The molecule has 2 rings (SSSR count). The zero-order valence-electron chi connectivity index (χ0n) is 13.4. The molecule has 0 amide bonds. The Hall–Kier alpha value is -2.56. The third-order valence-electron chi connectivity index (χ3n) is 3.42. The lowest BCUT2D eigenvalue weighted by molar-refractivity contribution is 0.0599. The first kappa shape index (κ1) is 15.8. The molecule has 0 atom stereocenters. The number of ether oxygens (including phenoxy) is 1. The van der Waals surface area contributed by atoms with Gasteiger partial charge in [0, 0.05) is 26.3 Å². The number of aromatic nitrogens is 1. The van der Waals surface area contributed by atoms with Gasteiger partial charge in [0.15, 0.2) is 0 Å². The fourth-order valence-corrected chi connectivity index (χ4v) is 2.09. The number of pyridine rings is 1. The minimum absolute atomic E-state index is 0.365. The number of nitrogens with zero attached hydrogens (tertiary/aromatic N) is 2. The minimum atomic E-state index is -0.365. The number of methoxy groups -OCH3 is 1. The number of anilines is 2. The summed E-state index contributed by atoms with van der Waals surface area (Å²) in [6.45, 7) is 2.47. The summed E-state index contributed by atoms with van der Waals surface area (Å²) in [6.07, 6.45) is 0. The zero-order valence-corrected chi connectivity index (χ0v) is 13.4. The number of aryl methyl sites for hydroxylation is 1. The quantitative estimate of drug-likeness (QED) is 0.860. The number of carbonyl (C=O) groups is 1. The van der Waals surface area contributed by atoms with Gasteiger partial charge in [0.25, 0.3) is 0 Å². The Bertz CT molecular complexity index is 651. The van der Waals surface area contributed by atoms with Gasteiger partial charge in [-0.2, -0.15) is 0 Å². The van der Waals surface area contributed by atoms with Crippen LogP contribution in [-0.4, -0.2) is 32.2 Å². The Morgan fingerprint density at radius 1 is 1.18 bits per heavy atom.